The molecule has 3 rings (SSSR count). The van der Waals surface area contributed by atoms with Crippen LogP contribution in [0.25, 0.3) is 11.4 Å². The smallest absolute Gasteiger partial charge is 0.251 e. The van der Waals surface area contributed by atoms with Gasteiger partial charge in [0.1, 0.15) is 11.5 Å². The molecule has 2 heterocycles. The maximum Gasteiger partial charge on any atom is 0.251 e. The van der Waals surface area contributed by atoms with Gasteiger partial charge in [0.05, 0.1) is 12.2 Å². The average molecular weight is 382 g/mol. The van der Waals surface area contributed by atoms with Crippen molar-refractivity contribution in [3.05, 3.63) is 71.9 Å². The SMILES string of the molecule is CN(Cc1cc(-c2ccccn2)no1)C(=O)CCNC(=O)c1ccc(F)cc1. The number of hydrogen-bond acceptors (Lipinski definition) is 5. The zero-order valence-electron chi connectivity index (χ0n) is 15.3. The van der Waals surface area contributed by atoms with E-state index in [0.717, 1.165) is 0 Å². The van der Waals surface area contributed by atoms with Crippen LogP contribution in [-0.2, 0) is 11.3 Å². The van der Waals surface area contributed by atoms with Crippen molar-refractivity contribution < 1.29 is 18.5 Å². The number of nitrogens with zero attached hydrogens (tertiary/aromatic N) is 3. The molecule has 0 saturated carbocycles. The molecule has 0 bridgehead atoms. The minimum Gasteiger partial charge on any atom is -0.359 e. The van der Waals surface area contributed by atoms with Crippen molar-refractivity contribution in [3.63, 3.8) is 0 Å². The fourth-order valence-electron chi connectivity index (χ4n) is 2.52. The lowest BCUT2D eigenvalue weighted by molar-refractivity contribution is -0.130. The fraction of sp³-hybridized carbons (Fsp3) is 0.200. The highest BCUT2D eigenvalue weighted by atomic mass is 19.1. The quantitative estimate of drug-likeness (QED) is 0.679. The van der Waals surface area contributed by atoms with Crippen molar-refractivity contribution in [2.75, 3.05) is 13.6 Å². The number of pyridine rings is 1. The van der Waals surface area contributed by atoms with Crippen molar-refractivity contribution in [2.45, 2.75) is 13.0 Å². The highest BCUT2D eigenvalue weighted by Gasteiger charge is 2.14. The first-order chi connectivity index (χ1) is 13.5. The molecule has 144 valence electrons. The maximum absolute atomic E-state index is 12.9. The monoisotopic (exact) mass is 382 g/mol. The number of carbonyl (C=O) groups is 2. The summed E-state index contributed by atoms with van der Waals surface area (Å²) in [6.45, 7) is 0.430. The predicted molar refractivity (Wildman–Crippen MR) is 99.6 cm³/mol. The molecule has 8 heteroatoms. The first-order valence-corrected chi connectivity index (χ1v) is 8.67. The topological polar surface area (TPSA) is 88.3 Å². The van der Waals surface area contributed by atoms with Gasteiger partial charge in [-0.15, -0.1) is 0 Å². The molecule has 2 amide bonds. The van der Waals surface area contributed by atoms with Gasteiger partial charge in [0.25, 0.3) is 5.91 Å². The second-order valence-corrected chi connectivity index (χ2v) is 6.16. The van der Waals surface area contributed by atoms with Crippen LogP contribution in [0.3, 0.4) is 0 Å². The normalized spacial score (nSPS) is 10.5. The minimum absolute atomic E-state index is 0.130. The van der Waals surface area contributed by atoms with Gasteiger partial charge in [-0.3, -0.25) is 14.6 Å². The van der Waals surface area contributed by atoms with Gasteiger partial charge in [0, 0.05) is 37.8 Å². The molecule has 28 heavy (non-hydrogen) atoms. The summed E-state index contributed by atoms with van der Waals surface area (Å²) in [5.41, 5.74) is 1.63. The van der Waals surface area contributed by atoms with E-state index in [1.807, 2.05) is 18.2 Å². The summed E-state index contributed by atoms with van der Waals surface area (Å²) < 4.78 is 18.1. The number of hydrogen-bond donors (Lipinski definition) is 1. The molecule has 0 atom stereocenters. The third-order valence-electron chi connectivity index (χ3n) is 4.04. The lowest BCUT2D eigenvalue weighted by Gasteiger charge is -2.15. The molecule has 3 aromatic rings. The summed E-state index contributed by atoms with van der Waals surface area (Å²) in [5, 5.41) is 6.61. The van der Waals surface area contributed by atoms with Gasteiger partial charge in [0.15, 0.2) is 5.76 Å². The fourth-order valence-corrected chi connectivity index (χ4v) is 2.52. The number of rotatable bonds is 7. The number of benzene rings is 1. The van der Waals surface area contributed by atoms with Crippen LogP contribution >= 0.6 is 0 Å². The summed E-state index contributed by atoms with van der Waals surface area (Å²) in [7, 11) is 1.65. The highest BCUT2D eigenvalue weighted by Crippen LogP contribution is 2.17. The number of amides is 2. The molecule has 0 saturated heterocycles. The summed E-state index contributed by atoms with van der Waals surface area (Å²) >= 11 is 0. The van der Waals surface area contributed by atoms with E-state index in [9.17, 15) is 14.0 Å². The van der Waals surface area contributed by atoms with Crippen LogP contribution in [0, 0.1) is 5.82 Å². The predicted octanol–water partition coefficient (Wildman–Crippen LogP) is 2.65. The summed E-state index contributed by atoms with van der Waals surface area (Å²) in [6.07, 6.45) is 1.80. The molecule has 0 unspecified atom stereocenters. The van der Waals surface area contributed by atoms with E-state index in [1.54, 1.807) is 19.3 Å². The van der Waals surface area contributed by atoms with E-state index in [2.05, 4.69) is 15.5 Å². The van der Waals surface area contributed by atoms with Crippen LogP contribution in [0.1, 0.15) is 22.5 Å². The standard InChI is InChI=1S/C20H19FN4O3/c1-25(13-16-12-18(24-28-16)17-4-2-3-10-22-17)19(26)9-11-23-20(27)14-5-7-15(21)8-6-14/h2-8,10,12H,9,11,13H2,1H3,(H,23,27). The van der Waals surface area contributed by atoms with Crippen LogP contribution in [0.5, 0.6) is 0 Å². The summed E-state index contributed by atoms with van der Waals surface area (Å²) in [5.74, 6) is -0.389. The molecule has 1 N–H and O–H groups in total. The lowest BCUT2D eigenvalue weighted by Crippen LogP contribution is -2.31. The molecule has 0 fully saturated rings. The second kappa shape index (κ2) is 8.90. The van der Waals surface area contributed by atoms with Crippen molar-refractivity contribution in [1.82, 2.24) is 20.4 Å². The molecule has 2 aromatic heterocycles. The summed E-state index contributed by atoms with van der Waals surface area (Å²) in [4.78, 5) is 29.9. The Bertz CT molecular complexity index is 942. The summed E-state index contributed by atoms with van der Waals surface area (Å²) in [6, 6.07) is 12.4. The first-order valence-electron chi connectivity index (χ1n) is 8.67. The van der Waals surface area contributed by atoms with E-state index >= 15 is 0 Å². The van der Waals surface area contributed by atoms with Crippen LogP contribution in [0.2, 0.25) is 0 Å². The first kappa shape index (κ1) is 19.2. The Kier molecular flexibility index (Phi) is 6.11. The Morgan fingerprint density at radius 1 is 1.14 bits per heavy atom. The van der Waals surface area contributed by atoms with Gasteiger partial charge >= 0.3 is 0 Å². The molecule has 0 radical (unpaired) electrons. The van der Waals surface area contributed by atoms with Crippen molar-refractivity contribution >= 4 is 11.8 Å². The van der Waals surface area contributed by atoms with Gasteiger partial charge < -0.3 is 14.7 Å². The van der Waals surface area contributed by atoms with Crippen LogP contribution in [0.4, 0.5) is 4.39 Å². The second-order valence-electron chi connectivity index (χ2n) is 6.16. The Hall–Kier alpha value is -3.55. The van der Waals surface area contributed by atoms with Crippen molar-refractivity contribution in [3.8, 4) is 11.4 Å². The van der Waals surface area contributed by atoms with Crippen molar-refractivity contribution in [2.24, 2.45) is 0 Å². The van der Waals surface area contributed by atoms with E-state index in [4.69, 9.17) is 4.52 Å². The van der Waals surface area contributed by atoms with Gasteiger partial charge in [-0.2, -0.15) is 0 Å². The largest absolute Gasteiger partial charge is 0.359 e. The molecule has 7 nitrogen and oxygen atoms in total. The number of aromatic nitrogens is 2. The Morgan fingerprint density at radius 2 is 1.93 bits per heavy atom. The van der Waals surface area contributed by atoms with Crippen LogP contribution in [-0.4, -0.2) is 40.4 Å². The van der Waals surface area contributed by atoms with E-state index in [-0.39, 0.29) is 31.3 Å². The molecule has 1 aromatic carbocycles. The van der Waals surface area contributed by atoms with Crippen LogP contribution < -0.4 is 5.32 Å². The molecule has 0 aliphatic carbocycles. The molecular weight excluding hydrogens is 363 g/mol. The zero-order chi connectivity index (χ0) is 19.9. The number of carbonyl (C=O) groups excluding carboxylic acids is 2. The Labute approximate surface area is 161 Å². The average Bonchev–Trinajstić information content (AvgIpc) is 3.17. The molecule has 0 spiro atoms. The van der Waals surface area contributed by atoms with Gasteiger partial charge in [-0.1, -0.05) is 11.2 Å². The lowest BCUT2D eigenvalue weighted by atomic mass is 10.2. The highest BCUT2D eigenvalue weighted by molar-refractivity contribution is 5.94. The minimum atomic E-state index is -0.410. The third kappa shape index (κ3) is 5.00. The van der Waals surface area contributed by atoms with Gasteiger partial charge in [-0.05, 0) is 36.4 Å². The molecule has 0 aliphatic rings. The number of nitrogens with one attached hydrogen (secondary N) is 1. The van der Waals surface area contributed by atoms with Gasteiger partial charge in [-0.25, -0.2) is 4.39 Å². The Morgan fingerprint density at radius 3 is 2.64 bits per heavy atom. The van der Waals surface area contributed by atoms with Gasteiger partial charge in [0.2, 0.25) is 5.91 Å². The van der Waals surface area contributed by atoms with Crippen LogP contribution in [0.15, 0.2) is 59.3 Å². The zero-order valence-corrected chi connectivity index (χ0v) is 15.3. The van der Waals surface area contributed by atoms with E-state index < -0.39 is 5.82 Å². The van der Waals surface area contributed by atoms with Crippen molar-refractivity contribution in [1.29, 1.82) is 0 Å². The maximum atomic E-state index is 12.9. The number of halogens is 1. The molecular formula is C20H19FN4O3. The Balaban J connectivity index is 1.46. The van der Waals surface area contributed by atoms with E-state index in [1.165, 1.54) is 29.2 Å². The third-order valence-corrected chi connectivity index (χ3v) is 4.04. The molecule has 0 aliphatic heterocycles. The van der Waals surface area contributed by atoms with E-state index in [0.29, 0.717) is 22.7 Å².